The number of halogens is 1. The van der Waals surface area contributed by atoms with Gasteiger partial charge in [-0.15, -0.1) is 11.3 Å². The smallest absolute Gasteiger partial charge is 0.175 e. The zero-order valence-electron chi connectivity index (χ0n) is 19.8. The van der Waals surface area contributed by atoms with E-state index in [-0.39, 0.29) is 0 Å². The Balaban J connectivity index is 1.63. The average molecular weight is 528 g/mol. The van der Waals surface area contributed by atoms with Gasteiger partial charge in [-0.25, -0.2) is 8.42 Å². The molecule has 0 aliphatic carbocycles. The highest BCUT2D eigenvalue weighted by Gasteiger charge is 2.17. The van der Waals surface area contributed by atoms with Crippen molar-refractivity contribution in [1.82, 2.24) is 4.90 Å². The van der Waals surface area contributed by atoms with Gasteiger partial charge in [0.1, 0.15) is 0 Å². The van der Waals surface area contributed by atoms with Crippen molar-refractivity contribution in [2.45, 2.75) is 37.0 Å². The maximum atomic E-state index is 12.0. The van der Waals surface area contributed by atoms with E-state index in [4.69, 9.17) is 22.0 Å². The van der Waals surface area contributed by atoms with Crippen LogP contribution in [0.3, 0.4) is 0 Å². The fraction of sp³-hybridized carbons (Fsp3) is 0.333. The third kappa shape index (κ3) is 7.10. The Kier molecular flexibility index (Phi) is 8.55. The van der Waals surface area contributed by atoms with Crippen LogP contribution in [0.2, 0.25) is 5.02 Å². The second-order valence-electron chi connectivity index (χ2n) is 8.94. The minimum absolute atomic E-state index is 0.300. The SMILES string of the molecule is CS(=O)(=O)c1cccc(-c2ccc(C(CC(=N)CN3CCCCCC3)=Nc3ccccc3Cl)s2)c1. The summed E-state index contributed by atoms with van der Waals surface area (Å²) in [7, 11) is -3.29. The van der Waals surface area contributed by atoms with E-state index in [2.05, 4.69) is 4.90 Å². The molecule has 1 aromatic heterocycles. The van der Waals surface area contributed by atoms with E-state index < -0.39 is 9.84 Å². The first-order valence-electron chi connectivity index (χ1n) is 11.8. The highest BCUT2D eigenvalue weighted by atomic mass is 35.5. The maximum Gasteiger partial charge on any atom is 0.175 e. The zero-order valence-corrected chi connectivity index (χ0v) is 22.2. The molecule has 1 aliphatic heterocycles. The number of hydrogen-bond donors (Lipinski definition) is 1. The standard InChI is InChI=1S/C27H30ClN3O2S2/c1-35(32,33)22-10-8-9-20(17-22)26-13-14-27(34-26)25(30-24-12-5-4-11-23(24)28)18-21(29)19-31-15-6-2-3-7-16-31/h4-5,8-14,17,29H,2-3,6-7,15-16,18-19H2,1H3. The van der Waals surface area contributed by atoms with Crippen LogP contribution in [0.25, 0.3) is 10.4 Å². The van der Waals surface area contributed by atoms with E-state index >= 15 is 0 Å². The molecule has 8 heteroatoms. The van der Waals surface area contributed by atoms with E-state index in [1.54, 1.807) is 29.5 Å². The lowest BCUT2D eigenvalue weighted by molar-refractivity contribution is 0.323. The summed E-state index contributed by atoms with van der Waals surface area (Å²) in [5.74, 6) is 0. The van der Waals surface area contributed by atoms with Gasteiger partial charge in [-0.3, -0.25) is 9.89 Å². The highest BCUT2D eigenvalue weighted by Crippen LogP contribution is 2.32. The molecule has 5 nitrogen and oxygen atoms in total. The van der Waals surface area contributed by atoms with Crippen LogP contribution in [0, 0.1) is 5.41 Å². The second kappa shape index (κ2) is 11.6. The quantitative estimate of drug-likeness (QED) is 0.324. The topological polar surface area (TPSA) is 73.6 Å². The first kappa shape index (κ1) is 25.8. The normalized spacial score (nSPS) is 15.7. The molecule has 0 unspecified atom stereocenters. The molecule has 4 rings (SSSR count). The van der Waals surface area contributed by atoms with Gasteiger partial charge in [-0.2, -0.15) is 0 Å². The highest BCUT2D eigenvalue weighted by molar-refractivity contribution is 7.90. The number of para-hydroxylation sites is 1. The Morgan fingerprint density at radius 2 is 1.77 bits per heavy atom. The summed E-state index contributed by atoms with van der Waals surface area (Å²) < 4.78 is 24.0. The van der Waals surface area contributed by atoms with E-state index in [0.717, 1.165) is 34.1 Å². The predicted octanol–water partition coefficient (Wildman–Crippen LogP) is 6.88. The summed E-state index contributed by atoms with van der Waals surface area (Å²) in [5, 5.41) is 9.32. The fourth-order valence-corrected chi connectivity index (χ4v) is 6.05. The average Bonchev–Trinajstić information content (AvgIpc) is 3.18. The molecule has 1 fully saturated rings. The van der Waals surface area contributed by atoms with Crippen LogP contribution in [0.4, 0.5) is 5.69 Å². The van der Waals surface area contributed by atoms with Gasteiger partial charge in [0, 0.05) is 34.7 Å². The molecule has 2 heterocycles. The van der Waals surface area contributed by atoms with Gasteiger partial charge < -0.3 is 5.41 Å². The van der Waals surface area contributed by atoms with E-state index in [9.17, 15) is 8.42 Å². The summed E-state index contributed by atoms with van der Waals surface area (Å²) in [6.45, 7) is 2.73. The third-order valence-corrected chi connectivity index (χ3v) is 8.65. The molecule has 1 saturated heterocycles. The number of hydrogen-bond acceptors (Lipinski definition) is 6. The fourth-order valence-electron chi connectivity index (χ4n) is 4.22. The summed E-state index contributed by atoms with van der Waals surface area (Å²) in [4.78, 5) is 9.46. The Labute approximate surface area is 216 Å². The summed E-state index contributed by atoms with van der Waals surface area (Å²) in [5.41, 5.74) is 2.96. The second-order valence-corrected chi connectivity index (χ2v) is 12.5. The molecule has 0 bridgehead atoms. The van der Waals surface area contributed by atoms with Crippen LogP contribution in [-0.4, -0.2) is 50.6 Å². The molecule has 1 aliphatic rings. The lowest BCUT2D eigenvalue weighted by Crippen LogP contribution is -2.31. The minimum atomic E-state index is -3.29. The maximum absolute atomic E-state index is 12.0. The molecule has 1 N–H and O–H groups in total. The van der Waals surface area contributed by atoms with Crippen molar-refractivity contribution in [1.29, 1.82) is 5.41 Å². The number of thiophene rings is 1. The van der Waals surface area contributed by atoms with Crippen LogP contribution in [-0.2, 0) is 9.84 Å². The summed E-state index contributed by atoms with van der Waals surface area (Å²) in [6.07, 6.45) is 6.56. The van der Waals surface area contributed by atoms with Gasteiger partial charge >= 0.3 is 0 Å². The van der Waals surface area contributed by atoms with Gasteiger partial charge in [-0.05, 0) is 67.9 Å². The molecule has 0 amide bonds. The molecule has 0 atom stereocenters. The lowest BCUT2D eigenvalue weighted by Gasteiger charge is -2.20. The summed E-state index contributed by atoms with van der Waals surface area (Å²) in [6, 6.07) is 18.5. The largest absolute Gasteiger partial charge is 0.308 e. The van der Waals surface area contributed by atoms with Gasteiger partial charge in [-0.1, -0.05) is 48.7 Å². The number of rotatable bonds is 8. The van der Waals surface area contributed by atoms with Crippen LogP contribution in [0.5, 0.6) is 0 Å². The zero-order chi connectivity index (χ0) is 24.8. The van der Waals surface area contributed by atoms with Crippen LogP contribution >= 0.6 is 22.9 Å². The number of nitrogens with zero attached hydrogens (tertiary/aromatic N) is 2. The van der Waals surface area contributed by atoms with Crippen LogP contribution in [0.1, 0.15) is 37.0 Å². The molecule has 0 spiro atoms. The number of aliphatic imine (C=N–C) groups is 1. The first-order chi connectivity index (χ1) is 16.8. The van der Waals surface area contributed by atoms with E-state index in [1.807, 2.05) is 42.5 Å². The van der Waals surface area contributed by atoms with Gasteiger partial charge in [0.15, 0.2) is 9.84 Å². The van der Waals surface area contributed by atoms with Gasteiger partial charge in [0.2, 0.25) is 0 Å². The van der Waals surface area contributed by atoms with E-state index in [0.29, 0.717) is 34.3 Å². The number of nitrogens with one attached hydrogen (secondary N) is 1. The lowest BCUT2D eigenvalue weighted by atomic mass is 10.1. The molecule has 2 aromatic carbocycles. The number of benzene rings is 2. The molecular weight excluding hydrogens is 498 g/mol. The Bertz CT molecular complexity index is 1320. The Morgan fingerprint density at radius 1 is 1.03 bits per heavy atom. The first-order valence-corrected chi connectivity index (χ1v) is 14.9. The minimum Gasteiger partial charge on any atom is -0.308 e. The van der Waals surface area contributed by atoms with Crippen molar-refractivity contribution in [2.24, 2.45) is 4.99 Å². The van der Waals surface area contributed by atoms with Crippen LogP contribution in [0.15, 0.2) is 70.6 Å². The van der Waals surface area contributed by atoms with Crippen molar-refractivity contribution >= 4 is 49.9 Å². The molecule has 3 aromatic rings. The van der Waals surface area contributed by atoms with E-state index in [1.165, 1.54) is 31.9 Å². The monoisotopic (exact) mass is 527 g/mol. The van der Waals surface area contributed by atoms with Gasteiger partial charge in [0.05, 0.1) is 21.3 Å². The number of likely N-dealkylation sites (tertiary alicyclic amines) is 1. The molecular formula is C27H30ClN3O2S2. The van der Waals surface area contributed by atoms with Crippen molar-refractivity contribution in [3.63, 3.8) is 0 Å². The van der Waals surface area contributed by atoms with Crippen LogP contribution < -0.4 is 0 Å². The van der Waals surface area contributed by atoms with Gasteiger partial charge in [0.25, 0.3) is 0 Å². The van der Waals surface area contributed by atoms with Crippen molar-refractivity contribution in [2.75, 3.05) is 25.9 Å². The summed E-state index contributed by atoms with van der Waals surface area (Å²) >= 11 is 7.96. The third-order valence-electron chi connectivity index (χ3n) is 6.04. The van der Waals surface area contributed by atoms with Crippen molar-refractivity contribution < 1.29 is 8.42 Å². The molecule has 0 radical (unpaired) electrons. The Hall–Kier alpha value is -2.32. The number of sulfone groups is 1. The predicted molar refractivity (Wildman–Crippen MR) is 148 cm³/mol. The Morgan fingerprint density at radius 3 is 2.49 bits per heavy atom. The van der Waals surface area contributed by atoms with Crippen molar-refractivity contribution in [3.05, 3.63) is 70.6 Å². The molecule has 0 saturated carbocycles. The molecule has 184 valence electrons. The van der Waals surface area contributed by atoms with Crippen molar-refractivity contribution in [3.8, 4) is 10.4 Å². The molecule has 35 heavy (non-hydrogen) atoms.